The van der Waals surface area contributed by atoms with Crippen LogP contribution >= 0.6 is 15.9 Å². The molecule has 3 rings (SSSR count). The van der Waals surface area contributed by atoms with Crippen molar-refractivity contribution in [2.24, 2.45) is 0 Å². The van der Waals surface area contributed by atoms with E-state index in [0.717, 1.165) is 4.47 Å². The molecule has 2 aromatic carbocycles. The van der Waals surface area contributed by atoms with Gasteiger partial charge in [-0.25, -0.2) is 0 Å². The molecule has 1 fully saturated rings. The molecule has 0 aliphatic carbocycles. The van der Waals surface area contributed by atoms with Gasteiger partial charge in [-0.1, -0.05) is 28.1 Å². The van der Waals surface area contributed by atoms with Gasteiger partial charge in [0.15, 0.2) is 0 Å². The molecule has 1 heterocycles. The smallest absolute Gasteiger partial charge is 0.0348 e. The molecule has 19 heavy (non-hydrogen) atoms. The fraction of sp³-hybridized carbons (Fsp3) is 0.375. The average Bonchev–Trinajstić information content (AvgIpc) is 2.42. The number of fused-ring (bicyclic) bond motifs is 1. The highest BCUT2D eigenvalue weighted by molar-refractivity contribution is 9.10. The number of anilines is 1. The van der Waals surface area contributed by atoms with Crippen LogP contribution in [0.1, 0.15) is 12.8 Å². The van der Waals surface area contributed by atoms with E-state index in [1.165, 1.54) is 42.4 Å². The topological polar surface area (TPSA) is 15.3 Å². The molecule has 2 nitrogen and oxygen atoms in total. The van der Waals surface area contributed by atoms with Gasteiger partial charge in [0.2, 0.25) is 0 Å². The van der Waals surface area contributed by atoms with Gasteiger partial charge >= 0.3 is 0 Å². The van der Waals surface area contributed by atoms with Gasteiger partial charge in [0.25, 0.3) is 0 Å². The van der Waals surface area contributed by atoms with Crippen molar-refractivity contribution in [3.8, 4) is 0 Å². The summed E-state index contributed by atoms with van der Waals surface area (Å²) >= 11 is 3.52. The third kappa shape index (κ3) is 3.10. The zero-order valence-corrected chi connectivity index (χ0v) is 12.8. The lowest BCUT2D eigenvalue weighted by Gasteiger charge is -2.30. The van der Waals surface area contributed by atoms with Crippen molar-refractivity contribution in [1.29, 1.82) is 0 Å². The van der Waals surface area contributed by atoms with Crippen LogP contribution in [-0.2, 0) is 0 Å². The molecule has 1 saturated heterocycles. The Bertz CT molecular complexity index is 574. The third-order valence-electron chi connectivity index (χ3n) is 3.89. The summed E-state index contributed by atoms with van der Waals surface area (Å²) in [5.74, 6) is 0. The molecule has 0 saturated carbocycles. The van der Waals surface area contributed by atoms with E-state index in [9.17, 15) is 0 Å². The predicted octanol–water partition coefficient (Wildman–Crippen LogP) is 4.11. The highest BCUT2D eigenvalue weighted by Gasteiger charge is 2.16. The van der Waals surface area contributed by atoms with Gasteiger partial charge in [-0.3, -0.25) is 0 Å². The van der Waals surface area contributed by atoms with E-state index in [-0.39, 0.29) is 0 Å². The number of hydrogen-bond acceptors (Lipinski definition) is 2. The fourth-order valence-electron chi connectivity index (χ4n) is 2.70. The second kappa shape index (κ2) is 5.51. The summed E-state index contributed by atoms with van der Waals surface area (Å²) < 4.78 is 1.14. The molecule has 100 valence electrons. The van der Waals surface area contributed by atoms with E-state index in [2.05, 4.69) is 69.6 Å². The SMILES string of the molecule is CN1CCC(Nc2ccc3cc(Br)ccc3c2)CC1. The molecule has 2 aromatic rings. The molecule has 1 N–H and O–H groups in total. The lowest BCUT2D eigenvalue weighted by atomic mass is 10.0. The minimum Gasteiger partial charge on any atom is -0.382 e. The van der Waals surface area contributed by atoms with E-state index >= 15 is 0 Å². The lowest BCUT2D eigenvalue weighted by molar-refractivity contribution is 0.264. The third-order valence-corrected chi connectivity index (χ3v) is 4.38. The second-order valence-electron chi connectivity index (χ2n) is 5.43. The van der Waals surface area contributed by atoms with Crippen LogP contribution in [0.15, 0.2) is 40.9 Å². The highest BCUT2D eigenvalue weighted by atomic mass is 79.9. The maximum atomic E-state index is 3.67. The number of benzene rings is 2. The first kappa shape index (κ1) is 12.9. The van der Waals surface area contributed by atoms with Gasteiger partial charge in [0, 0.05) is 16.2 Å². The number of hydrogen-bond donors (Lipinski definition) is 1. The van der Waals surface area contributed by atoms with Gasteiger partial charge in [-0.2, -0.15) is 0 Å². The van der Waals surface area contributed by atoms with Crippen molar-refractivity contribution in [2.45, 2.75) is 18.9 Å². The van der Waals surface area contributed by atoms with E-state index in [4.69, 9.17) is 0 Å². The van der Waals surface area contributed by atoms with E-state index in [1.54, 1.807) is 0 Å². The Kier molecular flexibility index (Phi) is 3.76. The molecule has 0 aromatic heterocycles. The van der Waals surface area contributed by atoms with Crippen LogP contribution in [0, 0.1) is 0 Å². The molecule has 0 unspecified atom stereocenters. The molecule has 1 aliphatic rings. The molecule has 0 amide bonds. The van der Waals surface area contributed by atoms with Crippen LogP contribution in [0.5, 0.6) is 0 Å². The number of rotatable bonds is 2. The number of halogens is 1. The lowest BCUT2D eigenvalue weighted by Crippen LogP contribution is -2.36. The first-order chi connectivity index (χ1) is 9.20. The molecule has 0 atom stereocenters. The Morgan fingerprint density at radius 2 is 1.74 bits per heavy atom. The fourth-order valence-corrected chi connectivity index (χ4v) is 3.07. The summed E-state index contributed by atoms with van der Waals surface area (Å²) in [4.78, 5) is 2.40. The van der Waals surface area contributed by atoms with Gasteiger partial charge in [0.05, 0.1) is 0 Å². The predicted molar refractivity (Wildman–Crippen MR) is 85.8 cm³/mol. The highest BCUT2D eigenvalue weighted by Crippen LogP contribution is 2.24. The summed E-state index contributed by atoms with van der Waals surface area (Å²) in [6.45, 7) is 2.39. The van der Waals surface area contributed by atoms with Gasteiger partial charge in [-0.15, -0.1) is 0 Å². The van der Waals surface area contributed by atoms with Crippen molar-refractivity contribution >= 4 is 32.4 Å². The Labute approximate surface area is 122 Å². The standard InChI is InChI=1S/C16H19BrN2/c1-19-8-6-15(7-9-19)18-16-5-3-12-10-14(17)4-2-13(12)11-16/h2-5,10-11,15,18H,6-9H2,1H3. The Morgan fingerprint density at radius 1 is 1.05 bits per heavy atom. The first-order valence-electron chi connectivity index (χ1n) is 6.85. The van der Waals surface area contributed by atoms with Crippen LogP contribution in [0.4, 0.5) is 5.69 Å². The Balaban J connectivity index is 1.76. The van der Waals surface area contributed by atoms with Gasteiger partial charge in [-0.05, 0) is 68.0 Å². The normalized spacial score (nSPS) is 17.8. The van der Waals surface area contributed by atoms with Crippen molar-refractivity contribution in [3.63, 3.8) is 0 Å². The van der Waals surface area contributed by atoms with Crippen LogP contribution < -0.4 is 5.32 Å². The summed E-state index contributed by atoms with van der Waals surface area (Å²) in [6, 6.07) is 13.7. The zero-order chi connectivity index (χ0) is 13.2. The van der Waals surface area contributed by atoms with Crippen LogP contribution in [0.2, 0.25) is 0 Å². The summed E-state index contributed by atoms with van der Waals surface area (Å²) in [6.07, 6.45) is 2.46. The van der Waals surface area contributed by atoms with E-state index in [0.29, 0.717) is 6.04 Å². The van der Waals surface area contributed by atoms with Crippen molar-refractivity contribution < 1.29 is 0 Å². The first-order valence-corrected chi connectivity index (χ1v) is 7.64. The molecular formula is C16H19BrN2. The second-order valence-corrected chi connectivity index (χ2v) is 6.34. The number of likely N-dealkylation sites (tertiary alicyclic amines) is 1. The quantitative estimate of drug-likeness (QED) is 0.896. The molecule has 3 heteroatoms. The largest absolute Gasteiger partial charge is 0.382 e. The van der Waals surface area contributed by atoms with Crippen molar-refractivity contribution in [3.05, 3.63) is 40.9 Å². The van der Waals surface area contributed by atoms with Crippen LogP contribution in [0.25, 0.3) is 10.8 Å². The van der Waals surface area contributed by atoms with Gasteiger partial charge < -0.3 is 10.2 Å². The Morgan fingerprint density at radius 3 is 2.53 bits per heavy atom. The number of nitrogens with zero attached hydrogens (tertiary/aromatic N) is 1. The number of nitrogens with one attached hydrogen (secondary N) is 1. The molecule has 0 spiro atoms. The number of piperidine rings is 1. The maximum Gasteiger partial charge on any atom is 0.0348 e. The molecular weight excluding hydrogens is 300 g/mol. The van der Waals surface area contributed by atoms with Crippen molar-refractivity contribution in [2.75, 3.05) is 25.5 Å². The van der Waals surface area contributed by atoms with Crippen molar-refractivity contribution in [1.82, 2.24) is 4.90 Å². The summed E-state index contributed by atoms with van der Waals surface area (Å²) in [7, 11) is 2.20. The minimum absolute atomic E-state index is 0.615. The monoisotopic (exact) mass is 318 g/mol. The summed E-state index contributed by atoms with van der Waals surface area (Å²) in [5, 5.41) is 6.24. The van der Waals surface area contributed by atoms with Crippen LogP contribution in [0.3, 0.4) is 0 Å². The summed E-state index contributed by atoms with van der Waals surface area (Å²) in [5.41, 5.74) is 1.24. The minimum atomic E-state index is 0.615. The Hall–Kier alpha value is -1.06. The zero-order valence-electron chi connectivity index (χ0n) is 11.2. The maximum absolute atomic E-state index is 3.67. The van der Waals surface area contributed by atoms with E-state index < -0.39 is 0 Å². The molecule has 0 radical (unpaired) electrons. The molecule has 1 aliphatic heterocycles. The van der Waals surface area contributed by atoms with E-state index in [1.807, 2.05) is 0 Å². The molecule has 0 bridgehead atoms. The van der Waals surface area contributed by atoms with Crippen LogP contribution in [-0.4, -0.2) is 31.1 Å². The average molecular weight is 319 g/mol. The van der Waals surface area contributed by atoms with Gasteiger partial charge in [0.1, 0.15) is 0 Å².